The Balaban J connectivity index is 1.76. The molecule has 0 amide bonds. The van der Waals surface area contributed by atoms with Crippen LogP contribution in [0.5, 0.6) is 0 Å². The number of hydrogen-bond donors (Lipinski definition) is 2. The van der Waals surface area contributed by atoms with Gasteiger partial charge in [0, 0.05) is 12.1 Å². The van der Waals surface area contributed by atoms with Gasteiger partial charge >= 0.3 is 0 Å². The molecule has 0 saturated heterocycles. The number of aliphatic hydroxyl groups is 1. The normalized spacial score (nSPS) is 18.2. The molecule has 1 aliphatic carbocycles. The van der Waals surface area contributed by atoms with Crippen molar-refractivity contribution in [3.05, 3.63) is 42.0 Å². The molecule has 0 heterocycles. The van der Waals surface area contributed by atoms with E-state index in [-0.39, 0.29) is 12.1 Å². The van der Waals surface area contributed by atoms with Gasteiger partial charge in [-0.1, -0.05) is 42.5 Å². The minimum absolute atomic E-state index is 0.0427. The van der Waals surface area contributed by atoms with Crippen LogP contribution in [0.4, 0.5) is 0 Å². The molecule has 1 aromatic carbocycles. The molecule has 2 nitrogen and oxygen atoms in total. The van der Waals surface area contributed by atoms with E-state index in [1.54, 1.807) is 0 Å². The maximum atomic E-state index is 9.09. The van der Waals surface area contributed by atoms with Gasteiger partial charge < -0.3 is 10.4 Å². The second kappa shape index (κ2) is 4.60. The van der Waals surface area contributed by atoms with Crippen molar-refractivity contribution in [2.45, 2.75) is 18.4 Å². The second-order valence-corrected chi connectivity index (χ2v) is 4.13. The van der Waals surface area contributed by atoms with E-state index in [0.717, 1.165) is 19.4 Å². The minimum atomic E-state index is 0.0427. The number of benzene rings is 1. The number of aliphatic hydroxyl groups excluding tert-OH is 1. The van der Waals surface area contributed by atoms with E-state index in [1.807, 2.05) is 18.2 Å². The summed E-state index contributed by atoms with van der Waals surface area (Å²) in [4.78, 5) is 0. The van der Waals surface area contributed by atoms with Crippen LogP contribution in [0.1, 0.15) is 18.4 Å². The maximum absolute atomic E-state index is 9.09. The Morgan fingerprint density at radius 1 is 1.27 bits per heavy atom. The highest BCUT2D eigenvalue weighted by Crippen LogP contribution is 2.34. The van der Waals surface area contributed by atoms with E-state index in [1.165, 1.54) is 5.56 Å². The van der Waals surface area contributed by atoms with Crippen LogP contribution < -0.4 is 5.32 Å². The highest BCUT2D eigenvalue weighted by atomic mass is 16.3. The monoisotopic (exact) mass is 203 g/mol. The first kappa shape index (κ1) is 10.4. The Hall–Kier alpha value is -1.12. The molecule has 0 aliphatic heterocycles. The first-order valence-electron chi connectivity index (χ1n) is 5.42. The van der Waals surface area contributed by atoms with Gasteiger partial charge in [0.25, 0.3) is 0 Å². The van der Waals surface area contributed by atoms with Crippen molar-refractivity contribution in [3.8, 4) is 0 Å². The molecule has 1 aliphatic rings. The smallest absolute Gasteiger partial charge is 0.0613 e. The summed E-state index contributed by atoms with van der Waals surface area (Å²) in [5.41, 5.74) is 1.26. The van der Waals surface area contributed by atoms with Crippen molar-refractivity contribution in [2.24, 2.45) is 0 Å². The van der Waals surface area contributed by atoms with Crippen LogP contribution in [0.15, 0.2) is 36.4 Å². The van der Waals surface area contributed by atoms with Crippen LogP contribution in [0.2, 0.25) is 0 Å². The standard InChI is InChI=1S/C13H17NO/c15-11-13(8-9-13)14-10-4-7-12-5-2-1-3-6-12/h1-7,14-15H,8-11H2/b7-4+. The molecule has 80 valence electrons. The predicted molar refractivity (Wildman–Crippen MR) is 62.5 cm³/mol. The van der Waals surface area contributed by atoms with Gasteiger partial charge in [0.2, 0.25) is 0 Å². The van der Waals surface area contributed by atoms with Gasteiger partial charge in [-0.25, -0.2) is 0 Å². The van der Waals surface area contributed by atoms with E-state index >= 15 is 0 Å². The highest BCUT2D eigenvalue weighted by Gasteiger charge is 2.40. The SMILES string of the molecule is OCC1(NC/C=C/c2ccccc2)CC1. The van der Waals surface area contributed by atoms with Crippen molar-refractivity contribution in [1.82, 2.24) is 5.32 Å². The Labute approximate surface area is 90.6 Å². The van der Waals surface area contributed by atoms with Gasteiger partial charge in [0.1, 0.15) is 0 Å². The molecule has 2 N–H and O–H groups in total. The lowest BCUT2D eigenvalue weighted by Crippen LogP contribution is -2.34. The lowest BCUT2D eigenvalue weighted by Gasteiger charge is -2.11. The summed E-state index contributed by atoms with van der Waals surface area (Å²) in [5, 5.41) is 12.4. The number of nitrogens with one attached hydrogen (secondary N) is 1. The van der Waals surface area contributed by atoms with E-state index in [4.69, 9.17) is 5.11 Å². The summed E-state index contributed by atoms with van der Waals surface area (Å²) < 4.78 is 0. The second-order valence-electron chi connectivity index (χ2n) is 4.13. The average Bonchev–Trinajstić information content (AvgIpc) is 3.07. The molecular formula is C13H17NO. The summed E-state index contributed by atoms with van der Waals surface area (Å²) in [6, 6.07) is 10.2. The number of hydrogen-bond acceptors (Lipinski definition) is 2. The first-order valence-corrected chi connectivity index (χ1v) is 5.42. The summed E-state index contributed by atoms with van der Waals surface area (Å²) >= 11 is 0. The van der Waals surface area contributed by atoms with Crippen molar-refractivity contribution < 1.29 is 5.11 Å². The summed E-state index contributed by atoms with van der Waals surface area (Å²) in [7, 11) is 0. The molecule has 1 aromatic rings. The first-order chi connectivity index (χ1) is 7.35. The highest BCUT2D eigenvalue weighted by molar-refractivity contribution is 5.48. The quantitative estimate of drug-likeness (QED) is 0.765. The van der Waals surface area contributed by atoms with Gasteiger partial charge in [-0.3, -0.25) is 0 Å². The Bertz CT molecular complexity index is 328. The van der Waals surface area contributed by atoms with Gasteiger partial charge in [-0.2, -0.15) is 0 Å². The fourth-order valence-corrected chi connectivity index (χ4v) is 1.58. The lowest BCUT2D eigenvalue weighted by atomic mass is 10.2. The van der Waals surface area contributed by atoms with Crippen molar-refractivity contribution >= 4 is 6.08 Å². The fraction of sp³-hybridized carbons (Fsp3) is 0.385. The van der Waals surface area contributed by atoms with E-state index in [0.29, 0.717) is 0 Å². The Kier molecular flexibility index (Phi) is 3.19. The van der Waals surface area contributed by atoms with Crippen LogP contribution in [0.3, 0.4) is 0 Å². The third kappa shape index (κ3) is 2.91. The molecule has 1 fully saturated rings. The zero-order chi connectivity index (χ0) is 10.6. The molecule has 1 saturated carbocycles. The van der Waals surface area contributed by atoms with Crippen LogP contribution in [-0.4, -0.2) is 23.8 Å². The Morgan fingerprint density at radius 3 is 2.60 bits per heavy atom. The molecule has 2 heteroatoms. The van der Waals surface area contributed by atoms with Gasteiger partial charge in [0.15, 0.2) is 0 Å². The topological polar surface area (TPSA) is 32.3 Å². The molecule has 15 heavy (non-hydrogen) atoms. The Morgan fingerprint density at radius 2 is 2.00 bits per heavy atom. The van der Waals surface area contributed by atoms with Crippen molar-refractivity contribution in [2.75, 3.05) is 13.2 Å². The van der Waals surface area contributed by atoms with Crippen LogP contribution in [-0.2, 0) is 0 Å². The third-order valence-electron chi connectivity index (χ3n) is 2.86. The summed E-state index contributed by atoms with van der Waals surface area (Å²) in [6.07, 6.45) is 6.40. The largest absolute Gasteiger partial charge is 0.394 e. The molecule has 0 bridgehead atoms. The molecule has 0 spiro atoms. The fourth-order valence-electron chi connectivity index (χ4n) is 1.58. The van der Waals surface area contributed by atoms with E-state index < -0.39 is 0 Å². The summed E-state index contributed by atoms with van der Waals surface area (Å²) in [5.74, 6) is 0. The molecule has 0 radical (unpaired) electrons. The van der Waals surface area contributed by atoms with Crippen LogP contribution >= 0.6 is 0 Å². The number of rotatable bonds is 5. The van der Waals surface area contributed by atoms with Gasteiger partial charge in [-0.05, 0) is 18.4 Å². The predicted octanol–water partition coefficient (Wildman–Crippen LogP) is 1.81. The molecule has 0 aromatic heterocycles. The molecule has 2 rings (SSSR count). The molecular weight excluding hydrogens is 186 g/mol. The molecule has 0 unspecified atom stereocenters. The maximum Gasteiger partial charge on any atom is 0.0613 e. The average molecular weight is 203 g/mol. The van der Waals surface area contributed by atoms with E-state index in [2.05, 4.69) is 29.6 Å². The van der Waals surface area contributed by atoms with Crippen LogP contribution in [0.25, 0.3) is 6.08 Å². The molecule has 0 atom stereocenters. The minimum Gasteiger partial charge on any atom is -0.394 e. The van der Waals surface area contributed by atoms with Gasteiger partial charge in [0.05, 0.1) is 6.61 Å². The zero-order valence-corrected chi connectivity index (χ0v) is 8.82. The van der Waals surface area contributed by atoms with Crippen LogP contribution in [0, 0.1) is 0 Å². The van der Waals surface area contributed by atoms with Crippen molar-refractivity contribution in [3.63, 3.8) is 0 Å². The van der Waals surface area contributed by atoms with Crippen molar-refractivity contribution in [1.29, 1.82) is 0 Å². The lowest BCUT2D eigenvalue weighted by molar-refractivity contribution is 0.234. The van der Waals surface area contributed by atoms with Gasteiger partial charge in [-0.15, -0.1) is 0 Å². The zero-order valence-electron chi connectivity index (χ0n) is 8.82. The summed E-state index contributed by atoms with van der Waals surface area (Å²) in [6.45, 7) is 1.08. The van der Waals surface area contributed by atoms with E-state index in [9.17, 15) is 0 Å². The third-order valence-corrected chi connectivity index (χ3v) is 2.86.